The second-order valence-corrected chi connectivity index (χ2v) is 9.66. The van der Waals surface area contributed by atoms with Crippen molar-refractivity contribution in [2.24, 2.45) is 5.41 Å². The summed E-state index contributed by atoms with van der Waals surface area (Å²) in [6, 6.07) is 12.7. The number of allylic oxidation sites excluding steroid dienone is 2. The van der Waals surface area contributed by atoms with E-state index in [4.69, 9.17) is 27.9 Å². The maximum atomic E-state index is 13.4. The van der Waals surface area contributed by atoms with Crippen molar-refractivity contribution >= 4 is 40.6 Å². The van der Waals surface area contributed by atoms with Crippen LogP contribution in [-0.2, 0) is 9.59 Å². The van der Waals surface area contributed by atoms with Gasteiger partial charge < -0.3 is 4.74 Å². The molecule has 1 unspecified atom stereocenters. The van der Waals surface area contributed by atoms with Crippen molar-refractivity contribution in [1.82, 2.24) is 0 Å². The minimum absolute atomic E-state index is 0.0515. The van der Waals surface area contributed by atoms with E-state index in [1.54, 1.807) is 23.1 Å². The number of Topliss-reactive ketones (excluding diaryl/α,β-unsaturated/α-hetero) is 1. The first-order chi connectivity index (χ1) is 14.7. The van der Waals surface area contributed by atoms with Crippen molar-refractivity contribution < 1.29 is 14.3 Å². The molecule has 2 aromatic carbocycles. The summed E-state index contributed by atoms with van der Waals surface area (Å²) < 4.78 is 5.53. The van der Waals surface area contributed by atoms with Crippen molar-refractivity contribution in [2.45, 2.75) is 46.0 Å². The molecule has 2 aromatic rings. The summed E-state index contributed by atoms with van der Waals surface area (Å²) in [6.07, 6.45) is 1.18. The SMILES string of the molecule is CCOc1ccc(N2C(=O)CC(c3c(Cl)cccc3Cl)C3=C2CC(C)(C)CC3=O)cc1. The van der Waals surface area contributed by atoms with Crippen LogP contribution in [0.15, 0.2) is 53.7 Å². The molecule has 0 radical (unpaired) electrons. The molecular formula is C25H25Cl2NO3. The number of benzene rings is 2. The molecule has 1 aliphatic carbocycles. The van der Waals surface area contributed by atoms with E-state index in [9.17, 15) is 9.59 Å². The zero-order valence-electron chi connectivity index (χ0n) is 17.9. The van der Waals surface area contributed by atoms with Crippen LogP contribution in [0.4, 0.5) is 5.69 Å². The molecule has 0 saturated carbocycles. The van der Waals surface area contributed by atoms with Gasteiger partial charge in [-0.1, -0.05) is 43.1 Å². The number of nitrogens with zero attached hydrogens (tertiary/aromatic N) is 1. The fourth-order valence-corrected chi connectivity index (χ4v) is 5.32. The molecule has 0 N–H and O–H groups in total. The van der Waals surface area contributed by atoms with Gasteiger partial charge in [0.25, 0.3) is 0 Å². The summed E-state index contributed by atoms with van der Waals surface area (Å²) in [6.45, 7) is 6.61. The topological polar surface area (TPSA) is 46.6 Å². The Hall–Kier alpha value is -2.30. The lowest BCUT2D eigenvalue weighted by Crippen LogP contribution is -2.43. The van der Waals surface area contributed by atoms with Gasteiger partial charge in [-0.3, -0.25) is 14.5 Å². The average Bonchev–Trinajstić information content (AvgIpc) is 2.68. The van der Waals surface area contributed by atoms with Gasteiger partial charge in [-0.05, 0) is 60.7 Å². The molecule has 4 nitrogen and oxygen atoms in total. The molecule has 0 saturated heterocycles. The molecule has 0 fully saturated rings. The smallest absolute Gasteiger partial charge is 0.232 e. The Kier molecular flexibility index (Phi) is 5.89. The van der Waals surface area contributed by atoms with Crippen LogP contribution in [0, 0.1) is 5.41 Å². The van der Waals surface area contributed by atoms with Crippen molar-refractivity contribution in [3.05, 3.63) is 69.3 Å². The largest absolute Gasteiger partial charge is 0.494 e. The minimum atomic E-state index is -0.439. The quantitative estimate of drug-likeness (QED) is 0.522. The summed E-state index contributed by atoms with van der Waals surface area (Å²) in [5.74, 6) is 0.280. The molecule has 2 aliphatic rings. The number of carbonyl (C=O) groups excluding carboxylic acids is 2. The maximum Gasteiger partial charge on any atom is 0.232 e. The number of amides is 1. The molecule has 0 bridgehead atoms. The zero-order chi connectivity index (χ0) is 22.3. The summed E-state index contributed by atoms with van der Waals surface area (Å²) in [4.78, 5) is 28.5. The van der Waals surface area contributed by atoms with Crippen LogP contribution < -0.4 is 9.64 Å². The molecule has 31 heavy (non-hydrogen) atoms. The van der Waals surface area contributed by atoms with Gasteiger partial charge in [0, 0.05) is 45.8 Å². The van der Waals surface area contributed by atoms with Crippen LogP contribution in [0.1, 0.15) is 51.5 Å². The van der Waals surface area contributed by atoms with Crippen LogP contribution >= 0.6 is 23.2 Å². The summed E-state index contributed by atoms with van der Waals surface area (Å²) in [7, 11) is 0. The zero-order valence-corrected chi connectivity index (χ0v) is 19.4. The second kappa shape index (κ2) is 8.33. The number of ketones is 1. The Balaban J connectivity index is 1.88. The van der Waals surface area contributed by atoms with Gasteiger partial charge in [-0.25, -0.2) is 0 Å². The molecule has 1 atom stereocenters. The Morgan fingerprint density at radius 2 is 1.68 bits per heavy atom. The standard InChI is InChI=1S/C25H25Cl2NO3/c1-4-31-16-10-8-15(9-11-16)28-20-13-25(2,3)14-21(29)24(20)17(12-22(28)30)23-18(26)6-5-7-19(23)27/h5-11,17H,4,12-14H2,1-3H3. The second-order valence-electron chi connectivity index (χ2n) is 8.85. The summed E-state index contributed by atoms with van der Waals surface area (Å²) in [5.41, 5.74) is 2.55. The van der Waals surface area contributed by atoms with Gasteiger partial charge in [0.2, 0.25) is 5.91 Å². The third kappa shape index (κ3) is 4.11. The number of hydrogen-bond donors (Lipinski definition) is 0. The van der Waals surface area contributed by atoms with Crippen LogP contribution in [0.25, 0.3) is 0 Å². The van der Waals surface area contributed by atoms with Crippen LogP contribution in [-0.4, -0.2) is 18.3 Å². The maximum absolute atomic E-state index is 13.4. The molecule has 162 valence electrons. The summed E-state index contributed by atoms with van der Waals surface area (Å²) in [5, 5.41) is 0.952. The van der Waals surface area contributed by atoms with Crippen molar-refractivity contribution in [3.8, 4) is 5.75 Å². The fraction of sp³-hybridized carbons (Fsp3) is 0.360. The molecule has 0 aromatic heterocycles. The van der Waals surface area contributed by atoms with E-state index in [1.165, 1.54) is 0 Å². The Morgan fingerprint density at radius 3 is 2.29 bits per heavy atom. The molecule has 4 rings (SSSR count). The van der Waals surface area contributed by atoms with E-state index >= 15 is 0 Å². The third-order valence-electron chi connectivity index (χ3n) is 5.90. The lowest BCUT2D eigenvalue weighted by Gasteiger charge is -2.43. The molecule has 1 heterocycles. The van der Waals surface area contributed by atoms with Gasteiger partial charge in [0.1, 0.15) is 5.75 Å². The highest BCUT2D eigenvalue weighted by atomic mass is 35.5. The molecular weight excluding hydrogens is 433 g/mol. The molecule has 1 aliphatic heterocycles. The predicted molar refractivity (Wildman–Crippen MR) is 124 cm³/mol. The lowest BCUT2D eigenvalue weighted by atomic mass is 9.69. The fourth-order valence-electron chi connectivity index (χ4n) is 4.66. The minimum Gasteiger partial charge on any atom is -0.494 e. The van der Waals surface area contributed by atoms with E-state index < -0.39 is 5.92 Å². The van der Waals surface area contributed by atoms with Crippen LogP contribution in [0.2, 0.25) is 10.0 Å². The van der Waals surface area contributed by atoms with Crippen molar-refractivity contribution in [2.75, 3.05) is 11.5 Å². The van der Waals surface area contributed by atoms with Crippen LogP contribution in [0.3, 0.4) is 0 Å². The first kappa shape index (κ1) is 21.9. The van der Waals surface area contributed by atoms with E-state index in [1.807, 2.05) is 31.2 Å². The predicted octanol–water partition coefficient (Wildman–Crippen LogP) is 6.56. The number of halogens is 2. The monoisotopic (exact) mass is 457 g/mol. The molecule has 6 heteroatoms. The Labute approximate surface area is 192 Å². The van der Waals surface area contributed by atoms with E-state index in [0.29, 0.717) is 40.6 Å². The highest BCUT2D eigenvalue weighted by Gasteiger charge is 2.45. The number of carbonyl (C=O) groups is 2. The van der Waals surface area contributed by atoms with Crippen molar-refractivity contribution in [3.63, 3.8) is 0 Å². The summed E-state index contributed by atoms with van der Waals surface area (Å²) >= 11 is 13.0. The first-order valence-electron chi connectivity index (χ1n) is 10.5. The highest BCUT2D eigenvalue weighted by molar-refractivity contribution is 6.36. The Morgan fingerprint density at radius 1 is 1.03 bits per heavy atom. The molecule has 1 amide bonds. The number of hydrogen-bond acceptors (Lipinski definition) is 3. The number of anilines is 1. The Bertz CT molecular complexity index is 1050. The van der Waals surface area contributed by atoms with E-state index in [0.717, 1.165) is 17.1 Å². The van der Waals surface area contributed by atoms with Gasteiger partial charge in [0.05, 0.1) is 6.61 Å². The number of rotatable bonds is 4. The normalized spacial score (nSPS) is 20.7. The third-order valence-corrected chi connectivity index (χ3v) is 6.56. The van der Waals surface area contributed by atoms with Crippen LogP contribution in [0.5, 0.6) is 5.75 Å². The van der Waals surface area contributed by atoms with Crippen molar-refractivity contribution in [1.29, 1.82) is 0 Å². The first-order valence-corrected chi connectivity index (χ1v) is 11.2. The van der Waals surface area contributed by atoms with E-state index in [-0.39, 0.29) is 23.5 Å². The average molecular weight is 458 g/mol. The van der Waals surface area contributed by atoms with Gasteiger partial charge in [0.15, 0.2) is 5.78 Å². The lowest BCUT2D eigenvalue weighted by molar-refractivity contribution is -0.121. The molecule has 0 spiro atoms. The van der Waals surface area contributed by atoms with Gasteiger partial charge in [-0.2, -0.15) is 0 Å². The van der Waals surface area contributed by atoms with Gasteiger partial charge >= 0.3 is 0 Å². The highest BCUT2D eigenvalue weighted by Crippen LogP contribution is 2.50. The van der Waals surface area contributed by atoms with Gasteiger partial charge in [-0.15, -0.1) is 0 Å². The van der Waals surface area contributed by atoms with E-state index in [2.05, 4.69) is 13.8 Å². The number of ether oxygens (including phenoxy) is 1.